The van der Waals surface area contributed by atoms with E-state index in [-0.39, 0.29) is 16.3 Å². The molecular weight excluding hydrogens is 462 g/mol. The molecule has 7 heteroatoms. The largest absolute Gasteiger partial charge is 0.502 e. The van der Waals surface area contributed by atoms with Crippen molar-refractivity contribution >= 4 is 15.7 Å². The molecule has 1 aliphatic heterocycles. The van der Waals surface area contributed by atoms with Gasteiger partial charge in [-0.1, -0.05) is 67.9 Å². The lowest BCUT2D eigenvalue weighted by Gasteiger charge is -2.27. The molecule has 0 fully saturated rings. The highest BCUT2D eigenvalue weighted by molar-refractivity contribution is 7.95. The van der Waals surface area contributed by atoms with Crippen LogP contribution in [0, 0.1) is 6.92 Å². The van der Waals surface area contributed by atoms with E-state index in [1.54, 1.807) is 37.4 Å². The molecule has 1 unspecified atom stereocenters. The molecule has 0 radical (unpaired) electrons. The molecule has 3 aromatic carbocycles. The number of nitrogens with zero attached hydrogens (tertiary/aromatic N) is 1. The number of hydrogen-bond acceptors (Lipinski definition) is 5. The van der Waals surface area contributed by atoms with Gasteiger partial charge < -0.3 is 14.7 Å². The second-order valence-corrected chi connectivity index (χ2v) is 11.0. The van der Waals surface area contributed by atoms with Gasteiger partial charge in [-0.3, -0.25) is 4.79 Å². The number of aliphatic hydroxyl groups excluding tert-OH is 1. The van der Waals surface area contributed by atoms with E-state index in [2.05, 4.69) is 13.8 Å². The Hall–Kier alpha value is -3.58. The molecule has 0 saturated heterocycles. The summed E-state index contributed by atoms with van der Waals surface area (Å²) in [7, 11) is -2.60. The minimum Gasteiger partial charge on any atom is -0.502 e. The second-order valence-electron chi connectivity index (χ2n) is 9.04. The Morgan fingerprint density at radius 2 is 1.66 bits per heavy atom. The summed E-state index contributed by atoms with van der Waals surface area (Å²) in [5, 5.41) is 10.9. The maximum Gasteiger partial charge on any atom is 0.290 e. The highest BCUT2D eigenvalue weighted by atomic mass is 32.2. The Labute approximate surface area is 206 Å². The van der Waals surface area contributed by atoms with Crippen LogP contribution in [0.5, 0.6) is 5.75 Å². The average molecular weight is 492 g/mol. The Kier molecular flexibility index (Phi) is 6.72. The number of carbonyl (C=O) groups is 1. The van der Waals surface area contributed by atoms with E-state index in [9.17, 15) is 18.3 Å². The van der Waals surface area contributed by atoms with Gasteiger partial charge in [-0.05, 0) is 53.8 Å². The third-order valence-corrected chi connectivity index (χ3v) is 8.17. The molecule has 35 heavy (non-hydrogen) atoms. The van der Waals surface area contributed by atoms with Crippen LogP contribution in [0.15, 0.2) is 88.4 Å². The topological polar surface area (TPSA) is 83.9 Å². The molecule has 6 nitrogen and oxygen atoms in total. The Bertz CT molecular complexity index is 1370. The highest BCUT2D eigenvalue weighted by Crippen LogP contribution is 2.43. The Balaban J connectivity index is 1.84. The van der Waals surface area contributed by atoms with Gasteiger partial charge in [0.2, 0.25) is 9.84 Å². The molecule has 0 spiro atoms. The standard InChI is InChI=1S/C28H29NO5S/c1-18(2)21-10-12-22(13-11-21)25-27(35(32,33)24-14-8-19(3)9-15-24)26(30)28(31)29(25)17-20-6-5-7-23(16-20)34-4/h5-16,18,25,30H,17H2,1-4H3. The first kappa shape index (κ1) is 24.5. The van der Waals surface area contributed by atoms with Crippen LogP contribution in [-0.4, -0.2) is 31.4 Å². The first-order valence-corrected chi connectivity index (χ1v) is 12.9. The highest BCUT2D eigenvalue weighted by Gasteiger charge is 2.46. The summed E-state index contributed by atoms with van der Waals surface area (Å²) < 4.78 is 32.8. The summed E-state index contributed by atoms with van der Waals surface area (Å²) in [6.07, 6.45) is 0. The van der Waals surface area contributed by atoms with Gasteiger partial charge in [0, 0.05) is 6.54 Å². The first-order chi connectivity index (χ1) is 16.6. The molecule has 3 aromatic rings. The Morgan fingerprint density at radius 3 is 2.26 bits per heavy atom. The molecule has 0 saturated carbocycles. The monoisotopic (exact) mass is 491 g/mol. The quantitative estimate of drug-likeness (QED) is 0.475. The number of amides is 1. The number of aliphatic hydroxyl groups is 1. The van der Waals surface area contributed by atoms with Gasteiger partial charge in [-0.25, -0.2) is 8.42 Å². The van der Waals surface area contributed by atoms with Crippen molar-refractivity contribution in [3.05, 3.63) is 106 Å². The van der Waals surface area contributed by atoms with Crippen LogP contribution in [0.25, 0.3) is 0 Å². The summed E-state index contributed by atoms with van der Waals surface area (Å²) in [5.74, 6) is -0.554. The predicted molar refractivity (Wildman–Crippen MR) is 135 cm³/mol. The lowest BCUT2D eigenvalue weighted by Crippen LogP contribution is -2.30. The third-order valence-electron chi connectivity index (χ3n) is 6.28. The van der Waals surface area contributed by atoms with E-state index in [4.69, 9.17) is 4.74 Å². The van der Waals surface area contributed by atoms with Crippen LogP contribution < -0.4 is 4.74 Å². The zero-order chi connectivity index (χ0) is 25.3. The summed E-state index contributed by atoms with van der Waals surface area (Å²) in [6, 6.07) is 20.2. The molecular formula is C28H29NO5S. The maximum absolute atomic E-state index is 13.7. The zero-order valence-corrected chi connectivity index (χ0v) is 21.0. The van der Waals surface area contributed by atoms with E-state index < -0.39 is 27.5 Å². The molecule has 0 bridgehead atoms. The summed E-state index contributed by atoms with van der Waals surface area (Å²) >= 11 is 0. The van der Waals surface area contributed by atoms with Crippen molar-refractivity contribution < 1.29 is 23.1 Å². The number of aryl methyl sites for hydroxylation is 1. The van der Waals surface area contributed by atoms with Crippen LogP contribution in [0.2, 0.25) is 0 Å². The van der Waals surface area contributed by atoms with E-state index >= 15 is 0 Å². The van der Waals surface area contributed by atoms with Crippen molar-refractivity contribution in [2.75, 3.05) is 7.11 Å². The van der Waals surface area contributed by atoms with Gasteiger partial charge in [-0.15, -0.1) is 0 Å². The SMILES string of the molecule is COc1cccc(CN2C(=O)C(O)=C(S(=O)(=O)c3ccc(C)cc3)C2c2ccc(C(C)C)cc2)c1. The minimum absolute atomic E-state index is 0.0319. The number of rotatable bonds is 7. The van der Waals surface area contributed by atoms with E-state index in [1.165, 1.54) is 17.0 Å². The molecule has 182 valence electrons. The van der Waals surface area contributed by atoms with Gasteiger partial charge in [0.25, 0.3) is 5.91 Å². The van der Waals surface area contributed by atoms with Crippen molar-refractivity contribution in [1.82, 2.24) is 4.90 Å². The second kappa shape index (κ2) is 9.58. The fraction of sp³-hybridized carbons (Fsp3) is 0.250. The summed E-state index contributed by atoms with van der Waals surface area (Å²) in [4.78, 5) is 14.4. The molecule has 1 amide bonds. The van der Waals surface area contributed by atoms with Gasteiger partial charge >= 0.3 is 0 Å². The number of sulfone groups is 1. The molecule has 4 rings (SSSR count). The predicted octanol–water partition coefficient (Wildman–Crippen LogP) is 5.45. The zero-order valence-electron chi connectivity index (χ0n) is 20.2. The van der Waals surface area contributed by atoms with Crippen LogP contribution in [0.3, 0.4) is 0 Å². The summed E-state index contributed by atoms with van der Waals surface area (Å²) in [5.41, 5.74) is 3.36. The van der Waals surface area contributed by atoms with Crippen LogP contribution in [0.1, 0.15) is 48.1 Å². The Morgan fingerprint density at radius 1 is 1.00 bits per heavy atom. The lowest BCUT2D eigenvalue weighted by atomic mass is 9.98. The van der Waals surface area contributed by atoms with Gasteiger partial charge in [-0.2, -0.15) is 0 Å². The van der Waals surface area contributed by atoms with E-state index in [0.717, 1.165) is 16.7 Å². The number of methoxy groups -OCH3 is 1. The smallest absolute Gasteiger partial charge is 0.290 e. The van der Waals surface area contributed by atoms with Crippen LogP contribution in [-0.2, 0) is 21.2 Å². The van der Waals surface area contributed by atoms with Crippen LogP contribution in [0.4, 0.5) is 0 Å². The van der Waals surface area contributed by atoms with Gasteiger partial charge in [0.15, 0.2) is 5.76 Å². The lowest BCUT2D eigenvalue weighted by molar-refractivity contribution is -0.130. The van der Waals surface area contributed by atoms with Crippen molar-refractivity contribution in [2.45, 2.75) is 44.2 Å². The van der Waals surface area contributed by atoms with E-state index in [1.807, 2.05) is 37.3 Å². The average Bonchev–Trinajstić information content (AvgIpc) is 3.10. The fourth-order valence-electron chi connectivity index (χ4n) is 4.27. The number of carbonyl (C=O) groups excluding carboxylic acids is 1. The molecule has 1 N–H and O–H groups in total. The van der Waals surface area contributed by atoms with Crippen molar-refractivity contribution in [3.8, 4) is 5.75 Å². The third kappa shape index (κ3) is 4.68. The molecule has 0 aliphatic carbocycles. The van der Waals surface area contributed by atoms with Crippen molar-refractivity contribution in [3.63, 3.8) is 0 Å². The van der Waals surface area contributed by atoms with Crippen LogP contribution >= 0.6 is 0 Å². The van der Waals surface area contributed by atoms with Gasteiger partial charge in [0.05, 0.1) is 18.0 Å². The van der Waals surface area contributed by atoms with Gasteiger partial charge in [0.1, 0.15) is 10.7 Å². The fourth-order valence-corrected chi connectivity index (χ4v) is 5.92. The number of ether oxygens (including phenoxy) is 1. The van der Waals surface area contributed by atoms with Crippen molar-refractivity contribution in [2.24, 2.45) is 0 Å². The normalized spacial score (nSPS) is 16.3. The summed E-state index contributed by atoms with van der Waals surface area (Å²) in [6.45, 7) is 6.11. The van der Waals surface area contributed by atoms with E-state index in [0.29, 0.717) is 17.2 Å². The molecule has 1 aliphatic rings. The molecule has 1 heterocycles. The molecule has 1 atom stereocenters. The minimum atomic E-state index is -4.16. The number of hydrogen-bond donors (Lipinski definition) is 1. The van der Waals surface area contributed by atoms with Crippen molar-refractivity contribution in [1.29, 1.82) is 0 Å². The number of benzene rings is 3. The maximum atomic E-state index is 13.7. The first-order valence-electron chi connectivity index (χ1n) is 11.4. The molecule has 0 aromatic heterocycles.